The number of ether oxygens (including phenoxy) is 2. The summed E-state index contributed by atoms with van der Waals surface area (Å²) in [6.07, 6.45) is 3.55. The van der Waals surface area contributed by atoms with Crippen LogP contribution in [0.4, 0.5) is 5.95 Å². The number of carbonyl (C=O) groups is 1. The minimum Gasteiger partial charge on any atom is -0.481 e. The number of hydrogen-bond donors (Lipinski definition) is 1. The highest BCUT2D eigenvalue weighted by Gasteiger charge is 2.21. The molecule has 0 aromatic carbocycles. The van der Waals surface area contributed by atoms with Gasteiger partial charge in [-0.2, -0.15) is 4.98 Å². The molecule has 20 heavy (non-hydrogen) atoms. The summed E-state index contributed by atoms with van der Waals surface area (Å²) in [6, 6.07) is 1.71. The fourth-order valence-electron chi connectivity index (χ4n) is 2.13. The van der Waals surface area contributed by atoms with Crippen LogP contribution in [0.15, 0.2) is 12.3 Å². The zero-order valence-corrected chi connectivity index (χ0v) is 11.5. The molecular formula is C13H19N3O4. The van der Waals surface area contributed by atoms with E-state index >= 15 is 0 Å². The van der Waals surface area contributed by atoms with Crippen molar-refractivity contribution in [3.05, 3.63) is 12.3 Å². The summed E-state index contributed by atoms with van der Waals surface area (Å²) in [5, 5.41) is 8.57. The maximum Gasteiger partial charge on any atom is 0.305 e. The van der Waals surface area contributed by atoms with Gasteiger partial charge in [0, 0.05) is 25.4 Å². The quantitative estimate of drug-likeness (QED) is 0.830. The van der Waals surface area contributed by atoms with Crippen LogP contribution in [0.25, 0.3) is 0 Å². The first-order valence-corrected chi connectivity index (χ1v) is 6.64. The van der Waals surface area contributed by atoms with Gasteiger partial charge in [0.25, 0.3) is 0 Å². The SMILES string of the molecule is COc1ccnc(N2CCC(OCCC(=O)O)CC2)n1. The van der Waals surface area contributed by atoms with Crippen molar-refractivity contribution in [3.8, 4) is 5.88 Å². The van der Waals surface area contributed by atoms with E-state index in [-0.39, 0.29) is 19.1 Å². The van der Waals surface area contributed by atoms with Crippen LogP contribution in [-0.2, 0) is 9.53 Å². The van der Waals surface area contributed by atoms with Crippen LogP contribution in [-0.4, -0.2) is 54.0 Å². The van der Waals surface area contributed by atoms with Gasteiger partial charge in [0.2, 0.25) is 11.8 Å². The molecule has 1 aromatic rings. The van der Waals surface area contributed by atoms with Crippen LogP contribution in [0, 0.1) is 0 Å². The highest BCUT2D eigenvalue weighted by molar-refractivity contribution is 5.66. The van der Waals surface area contributed by atoms with Crippen LogP contribution >= 0.6 is 0 Å². The van der Waals surface area contributed by atoms with Gasteiger partial charge in [-0.25, -0.2) is 4.98 Å². The normalized spacial score (nSPS) is 16.1. The lowest BCUT2D eigenvalue weighted by Crippen LogP contribution is -2.38. The molecule has 2 heterocycles. The van der Waals surface area contributed by atoms with E-state index in [0.29, 0.717) is 11.8 Å². The van der Waals surface area contributed by atoms with Gasteiger partial charge < -0.3 is 19.5 Å². The van der Waals surface area contributed by atoms with Crippen molar-refractivity contribution in [2.45, 2.75) is 25.4 Å². The number of aromatic nitrogens is 2. The Bertz CT molecular complexity index is 447. The molecule has 0 unspecified atom stereocenters. The van der Waals surface area contributed by atoms with E-state index in [0.717, 1.165) is 25.9 Å². The summed E-state index contributed by atoms with van der Waals surface area (Å²) < 4.78 is 10.6. The summed E-state index contributed by atoms with van der Waals surface area (Å²) in [7, 11) is 1.58. The molecule has 1 saturated heterocycles. The fourth-order valence-corrected chi connectivity index (χ4v) is 2.13. The standard InChI is InChI=1S/C13H19N3O4/c1-19-11-2-6-14-13(15-11)16-7-3-10(4-8-16)20-9-5-12(17)18/h2,6,10H,3-5,7-9H2,1H3,(H,17,18). The molecule has 2 rings (SSSR count). The minimum absolute atomic E-state index is 0.0548. The zero-order valence-electron chi connectivity index (χ0n) is 11.5. The Morgan fingerprint density at radius 3 is 2.90 bits per heavy atom. The fraction of sp³-hybridized carbons (Fsp3) is 0.615. The monoisotopic (exact) mass is 281 g/mol. The average molecular weight is 281 g/mol. The Morgan fingerprint density at radius 2 is 2.25 bits per heavy atom. The minimum atomic E-state index is -0.827. The number of hydrogen-bond acceptors (Lipinski definition) is 6. The van der Waals surface area contributed by atoms with Crippen molar-refractivity contribution < 1.29 is 19.4 Å². The smallest absolute Gasteiger partial charge is 0.305 e. The van der Waals surface area contributed by atoms with Crippen LogP contribution in [0.1, 0.15) is 19.3 Å². The first-order chi connectivity index (χ1) is 9.69. The van der Waals surface area contributed by atoms with Crippen LogP contribution < -0.4 is 9.64 Å². The molecule has 0 radical (unpaired) electrons. The number of carboxylic acid groups (broad SMARTS) is 1. The van der Waals surface area contributed by atoms with Gasteiger partial charge in [0.05, 0.1) is 26.2 Å². The lowest BCUT2D eigenvalue weighted by atomic mass is 10.1. The number of methoxy groups -OCH3 is 1. The Balaban J connectivity index is 1.80. The molecule has 0 amide bonds. The van der Waals surface area contributed by atoms with Crippen molar-refractivity contribution in [1.82, 2.24) is 9.97 Å². The molecule has 0 bridgehead atoms. The third kappa shape index (κ3) is 4.06. The van der Waals surface area contributed by atoms with Crippen LogP contribution in [0.2, 0.25) is 0 Å². The van der Waals surface area contributed by atoms with Gasteiger partial charge >= 0.3 is 5.97 Å². The molecule has 1 aliphatic rings. The molecule has 1 aliphatic heterocycles. The van der Waals surface area contributed by atoms with E-state index in [1.807, 2.05) is 0 Å². The van der Waals surface area contributed by atoms with Crippen molar-refractivity contribution in [2.75, 3.05) is 31.7 Å². The van der Waals surface area contributed by atoms with Gasteiger partial charge in [-0.3, -0.25) is 4.79 Å². The van der Waals surface area contributed by atoms with Gasteiger partial charge in [-0.1, -0.05) is 0 Å². The number of nitrogens with zero attached hydrogens (tertiary/aromatic N) is 3. The Morgan fingerprint density at radius 1 is 1.50 bits per heavy atom. The third-order valence-electron chi connectivity index (χ3n) is 3.22. The molecule has 110 valence electrons. The van der Waals surface area contributed by atoms with E-state index in [9.17, 15) is 4.79 Å². The second kappa shape index (κ2) is 7.04. The average Bonchev–Trinajstić information content (AvgIpc) is 2.48. The second-order valence-corrected chi connectivity index (χ2v) is 4.60. The molecule has 0 saturated carbocycles. The van der Waals surface area contributed by atoms with Gasteiger partial charge in [-0.05, 0) is 12.8 Å². The third-order valence-corrected chi connectivity index (χ3v) is 3.22. The van der Waals surface area contributed by atoms with Crippen molar-refractivity contribution in [1.29, 1.82) is 0 Å². The van der Waals surface area contributed by atoms with Crippen molar-refractivity contribution in [3.63, 3.8) is 0 Å². The maximum absolute atomic E-state index is 10.4. The van der Waals surface area contributed by atoms with E-state index in [1.54, 1.807) is 19.4 Å². The Labute approximate surface area is 117 Å². The number of carboxylic acids is 1. The van der Waals surface area contributed by atoms with Gasteiger partial charge in [-0.15, -0.1) is 0 Å². The Hall–Kier alpha value is -1.89. The summed E-state index contributed by atoms with van der Waals surface area (Å²) in [4.78, 5) is 21.0. The van der Waals surface area contributed by atoms with Crippen molar-refractivity contribution in [2.24, 2.45) is 0 Å². The Kier molecular flexibility index (Phi) is 5.11. The molecule has 0 aliphatic carbocycles. The summed E-state index contributed by atoms with van der Waals surface area (Å²) in [5.74, 6) is 0.385. The molecule has 0 spiro atoms. The van der Waals surface area contributed by atoms with Gasteiger partial charge in [0.1, 0.15) is 0 Å². The predicted octanol–water partition coefficient (Wildman–Crippen LogP) is 0.945. The molecule has 1 fully saturated rings. The topological polar surface area (TPSA) is 84.8 Å². The van der Waals surface area contributed by atoms with E-state index in [1.165, 1.54) is 0 Å². The molecule has 7 heteroatoms. The summed E-state index contributed by atoms with van der Waals surface area (Å²) in [6.45, 7) is 1.87. The van der Waals surface area contributed by atoms with Crippen LogP contribution in [0.3, 0.4) is 0 Å². The van der Waals surface area contributed by atoms with Crippen LogP contribution in [0.5, 0.6) is 5.88 Å². The predicted molar refractivity (Wildman–Crippen MR) is 72.0 cm³/mol. The maximum atomic E-state index is 10.4. The molecular weight excluding hydrogens is 262 g/mol. The van der Waals surface area contributed by atoms with Crippen molar-refractivity contribution >= 4 is 11.9 Å². The number of rotatable bonds is 6. The summed E-state index contributed by atoms with van der Waals surface area (Å²) in [5.41, 5.74) is 0. The second-order valence-electron chi connectivity index (χ2n) is 4.60. The number of piperidine rings is 1. The van der Waals surface area contributed by atoms with E-state index < -0.39 is 5.97 Å². The first-order valence-electron chi connectivity index (χ1n) is 6.64. The molecule has 1 aromatic heterocycles. The lowest BCUT2D eigenvalue weighted by molar-refractivity contribution is -0.138. The largest absolute Gasteiger partial charge is 0.481 e. The molecule has 1 N–H and O–H groups in total. The van der Waals surface area contributed by atoms with E-state index in [4.69, 9.17) is 14.6 Å². The van der Waals surface area contributed by atoms with Gasteiger partial charge in [0.15, 0.2) is 0 Å². The number of anilines is 1. The van der Waals surface area contributed by atoms with E-state index in [2.05, 4.69) is 14.9 Å². The number of aliphatic carboxylic acids is 1. The molecule has 0 atom stereocenters. The zero-order chi connectivity index (χ0) is 14.4. The lowest BCUT2D eigenvalue weighted by Gasteiger charge is -2.31. The summed E-state index contributed by atoms with van der Waals surface area (Å²) >= 11 is 0. The highest BCUT2D eigenvalue weighted by atomic mass is 16.5. The first kappa shape index (κ1) is 14.5. The highest BCUT2D eigenvalue weighted by Crippen LogP contribution is 2.19. The molecule has 7 nitrogen and oxygen atoms in total.